The van der Waals surface area contributed by atoms with Gasteiger partial charge in [0.15, 0.2) is 0 Å². The lowest BCUT2D eigenvalue weighted by Gasteiger charge is -2.16. The minimum Gasteiger partial charge on any atom is -0.479 e. The second-order valence-electron chi connectivity index (χ2n) is 6.90. The van der Waals surface area contributed by atoms with Gasteiger partial charge in [-0.15, -0.1) is 0 Å². The van der Waals surface area contributed by atoms with E-state index in [0.717, 1.165) is 0 Å². The lowest BCUT2D eigenvalue weighted by atomic mass is 9.95. The largest absolute Gasteiger partial charge is 0.479 e. The van der Waals surface area contributed by atoms with Crippen molar-refractivity contribution in [2.24, 2.45) is 5.41 Å². The SMILES string of the molecule is Cc1nc(C(C)C)ncc1C(=O)NC(/C=C/C(C)(C)C)C(=O)O. The van der Waals surface area contributed by atoms with Crippen LogP contribution in [0.25, 0.3) is 0 Å². The zero-order valence-electron chi connectivity index (χ0n) is 14.5. The van der Waals surface area contributed by atoms with Crippen molar-refractivity contribution in [1.29, 1.82) is 0 Å². The number of carbonyl (C=O) groups excluding carboxylic acids is 1. The predicted molar refractivity (Wildman–Crippen MR) is 88.3 cm³/mol. The number of amides is 1. The smallest absolute Gasteiger partial charge is 0.330 e. The van der Waals surface area contributed by atoms with Crippen LogP contribution in [0, 0.1) is 12.3 Å². The molecular formula is C17H25N3O3. The van der Waals surface area contributed by atoms with E-state index in [1.165, 1.54) is 12.3 Å². The van der Waals surface area contributed by atoms with Crippen molar-refractivity contribution in [1.82, 2.24) is 15.3 Å². The van der Waals surface area contributed by atoms with E-state index in [0.29, 0.717) is 11.5 Å². The number of hydrogen-bond acceptors (Lipinski definition) is 4. The minimum atomic E-state index is -1.11. The third-order valence-electron chi connectivity index (χ3n) is 3.10. The van der Waals surface area contributed by atoms with Crippen LogP contribution in [0.1, 0.15) is 62.4 Å². The number of nitrogens with one attached hydrogen (secondary N) is 1. The summed E-state index contributed by atoms with van der Waals surface area (Å²) in [6, 6.07) is -1.09. The molecule has 1 rings (SSSR count). The fourth-order valence-electron chi connectivity index (χ4n) is 1.78. The first-order chi connectivity index (χ1) is 10.5. The molecule has 6 heteroatoms. The number of nitrogens with zero attached hydrogens (tertiary/aromatic N) is 2. The molecule has 0 aromatic carbocycles. The van der Waals surface area contributed by atoms with E-state index in [1.807, 2.05) is 34.6 Å². The maximum Gasteiger partial charge on any atom is 0.330 e. The first kappa shape index (κ1) is 18.8. The highest BCUT2D eigenvalue weighted by Crippen LogP contribution is 2.15. The van der Waals surface area contributed by atoms with Gasteiger partial charge in [-0.2, -0.15) is 0 Å². The molecule has 0 radical (unpaired) electrons. The molecule has 0 spiro atoms. The number of rotatable bonds is 5. The third kappa shape index (κ3) is 5.81. The van der Waals surface area contributed by atoms with Gasteiger partial charge in [-0.1, -0.05) is 46.8 Å². The molecule has 0 aliphatic heterocycles. The summed E-state index contributed by atoms with van der Waals surface area (Å²) in [6.07, 6.45) is 4.69. The van der Waals surface area contributed by atoms with Crippen LogP contribution in [0.5, 0.6) is 0 Å². The van der Waals surface area contributed by atoms with Gasteiger partial charge in [-0.05, 0) is 12.3 Å². The molecule has 126 valence electrons. The second-order valence-corrected chi connectivity index (χ2v) is 6.90. The molecule has 23 heavy (non-hydrogen) atoms. The third-order valence-corrected chi connectivity index (χ3v) is 3.10. The summed E-state index contributed by atoms with van der Waals surface area (Å²) in [5, 5.41) is 11.7. The number of aliphatic carboxylic acids is 1. The van der Waals surface area contributed by atoms with E-state index in [2.05, 4.69) is 15.3 Å². The first-order valence-electron chi connectivity index (χ1n) is 7.58. The number of carbonyl (C=O) groups is 2. The van der Waals surface area contributed by atoms with Crippen LogP contribution < -0.4 is 5.32 Å². The molecule has 1 aromatic rings. The molecule has 0 saturated carbocycles. The van der Waals surface area contributed by atoms with Gasteiger partial charge in [-0.25, -0.2) is 14.8 Å². The highest BCUT2D eigenvalue weighted by atomic mass is 16.4. The van der Waals surface area contributed by atoms with Crippen LogP contribution in [0.4, 0.5) is 0 Å². The fraction of sp³-hybridized carbons (Fsp3) is 0.529. The lowest BCUT2D eigenvalue weighted by Crippen LogP contribution is -2.40. The molecular weight excluding hydrogens is 294 g/mol. The average Bonchev–Trinajstić information content (AvgIpc) is 2.41. The molecule has 0 saturated heterocycles. The monoisotopic (exact) mass is 319 g/mol. The van der Waals surface area contributed by atoms with Crippen LogP contribution in [-0.2, 0) is 4.79 Å². The van der Waals surface area contributed by atoms with Gasteiger partial charge >= 0.3 is 5.97 Å². The van der Waals surface area contributed by atoms with E-state index in [4.69, 9.17) is 0 Å². The molecule has 0 bridgehead atoms. The Morgan fingerprint density at radius 2 is 1.91 bits per heavy atom. The molecule has 1 unspecified atom stereocenters. The van der Waals surface area contributed by atoms with E-state index >= 15 is 0 Å². The van der Waals surface area contributed by atoms with Crippen LogP contribution in [0.3, 0.4) is 0 Å². The number of carboxylic acids is 1. The Labute approximate surface area is 137 Å². The van der Waals surface area contributed by atoms with Crippen molar-refractivity contribution < 1.29 is 14.7 Å². The van der Waals surface area contributed by atoms with Gasteiger partial charge in [0.25, 0.3) is 5.91 Å². The summed E-state index contributed by atoms with van der Waals surface area (Å²) >= 11 is 0. The maximum absolute atomic E-state index is 12.3. The molecule has 0 aliphatic carbocycles. The Kier molecular flexibility index (Phi) is 6.01. The standard InChI is InChI=1S/C17H25N3O3/c1-10(2)14-18-9-12(11(3)19-14)15(21)20-13(16(22)23)7-8-17(4,5)6/h7-10,13H,1-6H3,(H,20,21)(H,22,23)/b8-7+. The Hall–Kier alpha value is -2.24. The summed E-state index contributed by atoms with van der Waals surface area (Å²) < 4.78 is 0. The van der Waals surface area contributed by atoms with Gasteiger partial charge in [0, 0.05) is 12.1 Å². The Morgan fingerprint density at radius 1 is 1.30 bits per heavy atom. The number of carboxylic acid groups (broad SMARTS) is 1. The average molecular weight is 319 g/mol. The summed E-state index contributed by atoms with van der Waals surface area (Å²) in [5.74, 6) is -0.797. The quantitative estimate of drug-likeness (QED) is 0.814. The van der Waals surface area contributed by atoms with Gasteiger partial charge in [-0.3, -0.25) is 4.79 Å². The van der Waals surface area contributed by atoms with Gasteiger partial charge in [0.2, 0.25) is 0 Å². The van der Waals surface area contributed by atoms with Gasteiger partial charge in [0.05, 0.1) is 11.3 Å². The van der Waals surface area contributed by atoms with Crippen molar-refractivity contribution in [3.63, 3.8) is 0 Å². The zero-order valence-corrected chi connectivity index (χ0v) is 14.5. The number of aromatic nitrogens is 2. The number of aryl methyl sites for hydroxylation is 1. The van der Waals surface area contributed by atoms with Crippen LogP contribution in [0.2, 0.25) is 0 Å². The summed E-state index contributed by atoms with van der Waals surface area (Å²) in [4.78, 5) is 32.1. The number of hydrogen-bond donors (Lipinski definition) is 2. The second kappa shape index (κ2) is 7.35. The van der Waals surface area contributed by atoms with Crippen LogP contribution in [0.15, 0.2) is 18.3 Å². The fourth-order valence-corrected chi connectivity index (χ4v) is 1.78. The Balaban J connectivity index is 2.96. The minimum absolute atomic E-state index is 0.160. The molecule has 1 aromatic heterocycles. The first-order valence-corrected chi connectivity index (χ1v) is 7.58. The molecule has 1 amide bonds. The molecule has 1 atom stereocenters. The van der Waals surface area contributed by atoms with E-state index in [-0.39, 0.29) is 16.9 Å². The zero-order chi connectivity index (χ0) is 17.8. The molecule has 1 heterocycles. The van der Waals surface area contributed by atoms with Gasteiger partial charge in [0.1, 0.15) is 11.9 Å². The topological polar surface area (TPSA) is 92.2 Å². The molecule has 2 N–H and O–H groups in total. The van der Waals surface area contributed by atoms with Crippen LogP contribution >= 0.6 is 0 Å². The summed E-state index contributed by atoms with van der Waals surface area (Å²) in [7, 11) is 0. The van der Waals surface area contributed by atoms with Crippen LogP contribution in [-0.4, -0.2) is 33.0 Å². The molecule has 0 fully saturated rings. The molecule has 0 aliphatic rings. The Morgan fingerprint density at radius 3 is 2.35 bits per heavy atom. The van der Waals surface area contributed by atoms with E-state index < -0.39 is 17.9 Å². The lowest BCUT2D eigenvalue weighted by molar-refractivity contribution is -0.137. The predicted octanol–water partition coefficient (Wildman–Crippen LogP) is 2.69. The highest BCUT2D eigenvalue weighted by molar-refractivity contribution is 5.97. The highest BCUT2D eigenvalue weighted by Gasteiger charge is 2.21. The van der Waals surface area contributed by atoms with Crippen molar-refractivity contribution in [2.75, 3.05) is 0 Å². The Bertz CT molecular complexity index is 616. The summed E-state index contributed by atoms with van der Waals surface area (Å²) in [5.41, 5.74) is 0.644. The number of allylic oxidation sites excluding steroid dienone is 1. The van der Waals surface area contributed by atoms with E-state index in [1.54, 1.807) is 13.0 Å². The van der Waals surface area contributed by atoms with Crippen molar-refractivity contribution in [3.8, 4) is 0 Å². The maximum atomic E-state index is 12.3. The van der Waals surface area contributed by atoms with Crippen molar-refractivity contribution in [3.05, 3.63) is 35.4 Å². The van der Waals surface area contributed by atoms with Crippen molar-refractivity contribution >= 4 is 11.9 Å². The normalized spacial score (nSPS) is 13.3. The van der Waals surface area contributed by atoms with Crippen molar-refractivity contribution in [2.45, 2.75) is 53.5 Å². The van der Waals surface area contributed by atoms with Gasteiger partial charge < -0.3 is 10.4 Å². The van der Waals surface area contributed by atoms with E-state index in [9.17, 15) is 14.7 Å². The summed E-state index contributed by atoms with van der Waals surface area (Å²) in [6.45, 7) is 11.5. The molecule has 6 nitrogen and oxygen atoms in total.